The minimum atomic E-state index is -0.784. The zero-order valence-electron chi connectivity index (χ0n) is 10.5. The zero-order chi connectivity index (χ0) is 13.3. The van der Waals surface area contributed by atoms with Crippen molar-refractivity contribution in [1.29, 1.82) is 0 Å². The van der Waals surface area contributed by atoms with Crippen LogP contribution < -0.4 is 0 Å². The molecule has 1 aliphatic heterocycles. The molecule has 6 heteroatoms. The van der Waals surface area contributed by atoms with Gasteiger partial charge in [-0.2, -0.15) is 5.10 Å². The topological polar surface area (TPSA) is 49.2 Å². The number of aromatic nitrogens is 3. The third-order valence-electron chi connectivity index (χ3n) is 3.06. The fourth-order valence-electron chi connectivity index (χ4n) is 2.20. The van der Waals surface area contributed by atoms with Gasteiger partial charge in [-0.3, -0.25) is 0 Å². The fraction of sp³-hybridized carbons (Fsp3) is 0.385. The lowest BCUT2D eigenvalue weighted by Gasteiger charge is -2.28. The standard InChI is InChI=1S/C13H14BrN3O2/c1-10-6-18-13(19-10,7-17-9-15-8-16-17)11-2-4-12(14)5-3-11/h2-5,8-10H,6-7H2,1H3/t10-,13+/m0/s1. The van der Waals surface area contributed by atoms with Crippen LogP contribution in [0.3, 0.4) is 0 Å². The quantitative estimate of drug-likeness (QED) is 0.869. The first kappa shape index (κ1) is 12.8. The second-order valence-electron chi connectivity index (χ2n) is 4.59. The van der Waals surface area contributed by atoms with Crippen LogP contribution in [0.2, 0.25) is 0 Å². The summed E-state index contributed by atoms with van der Waals surface area (Å²) < 4.78 is 14.7. The van der Waals surface area contributed by atoms with E-state index in [0.717, 1.165) is 10.0 Å². The van der Waals surface area contributed by atoms with Crippen LogP contribution in [0.25, 0.3) is 0 Å². The normalized spacial score (nSPS) is 26.7. The third-order valence-corrected chi connectivity index (χ3v) is 3.59. The molecule has 100 valence electrons. The maximum absolute atomic E-state index is 6.02. The van der Waals surface area contributed by atoms with Crippen molar-refractivity contribution in [3.63, 3.8) is 0 Å². The van der Waals surface area contributed by atoms with E-state index in [9.17, 15) is 0 Å². The number of hydrogen-bond acceptors (Lipinski definition) is 4. The van der Waals surface area contributed by atoms with Crippen molar-refractivity contribution < 1.29 is 9.47 Å². The molecule has 0 N–H and O–H groups in total. The monoisotopic (exact) mass is 323 g/mol. The average Bonchev–Trinajstić information content (AvgIpc) is 3.01. The first-order valence-corrected chi connectivity index (χ1v) is 6.87. The van der Waals surface area contributed by atoms with Gasteiger partial charge >= 0.3 is 0 Å². The van der Waals surface area contributed by atoms with Crippen molar-refractivity contribution in [3.05, 3.63) is 47.0 Å². The molecule has 2 atom stereocenters. The van der Waals surface area contributed by atoms with Gasteiger partial charge in [0.15, 0.2) is 0 Å². The minimum Gasteiger partial charge on any atom is -0.342 e. The Kier molecular flexibility index (Phi) is 3.38. The smallest absolute Gasteiger partial charge is 0.215 e. The molecule has 3 rings (SSSR count). The Balaban J connectivity index is 1.95. The van der Waals surface area contributed by atoms with Crippen LogP contribution in [-0.2, 0) is 21.8 Å². The molecule has 1 aromatic heterocycles. The number of nitrogens with zero attached hydrogens (tertiary/aromatic N) is 3. The van der Waals surface area contributed by atoms with E-state index in [0.29, 0.717) is 13.2 Å². The van der Waals surface area contributed by atoms with Gasteiger partial charge in [-0.15, -0.1) is 0 Å². The second kappa shape index (κ2) is 5.03. The molecule has 19 heavy (non-hydrogen) atoms. The molecule has 1 saturated heterocycles. The summed E-state index contributed by atoms with van der Waals surface area (Å²) in [6.45, 7) is 3.06. The van der Waals surface area contributed by atoms with E-state index >= 15 is 0 Å². The average molecular weight is 324 g/mol. The van der Waals surface area contributed by atoms with Crippen LogP contribution in [-0.4, -0.2) is 27.5 Å². The molecule has 1 aromatic carbocycles. The van der Waals surface area contributed by atoms with Crippen LogP contribution in [0.15, 0.2) is 41.4 Å². The number of rotatable bonds is 3. The summed E-state index contributed by atoms with van der Waals surface area (Å²) in [5.74, 6) is -0.784. The lowest BCUT2D eigenvalue weighted by atomic mass is 10.1. The van der Waals surface area contributed by atoms with Gasteiger partial charge in [-0.25, -0.2) is 9.67 Å². The van der Waals surface area contributed by atoms with E-state index in [1.807, 2.05) is 31.2 Å². The largest absolute Gasteiger partial charge is 0.342 e. The maximum Gasteiger partial charge on any atom is 0.215 e. The molecular formula is C13H14BrN3O2. The molecule has 0 saturated carbocycles. The predicted octanol–water partition coefficient (Wildman–Crippen LogP) is 2.33. The summed E-state index contributed by atoms with van der Waals surface area (Å²) in [6.07, 6.45) is 3.23. The summed E-state index contributed by atoms with van der Waals surface area (Å²) in [6, 6.07) is 7.96. The van der Waals surface area contributed by atoms with E-state index in [2.05, 4.69) is 26.0 Å². The highest BCUT2D eigenvalue weighted by atomic mass is 79.9. The summed E-state index contributed by atoms with van der Waals surface area (Å²) >= 11 is 3.43. The Morgan fingerprint density at radius 3 is 2.79 bits per heavy atom. The van der Waals surface area contributed by atoms with Gasteiger partial charge in [0.2, 0.25) is 5.79 Å². The van der Waals surface area contributed by atoms with Crippen molar-refractivity contribution >= 4 is 15.9 Å². The highest BCUT2D eigenvalue weighted by Crippen LogP contribution is 2.36. The van der Waals surface area contributed by atoms with Crippen molar-refractivity contribution in [3.8, 4) is 0 Å². The van der Waals surface area contributed by atoms with Crippen LogP contribution >= 0.6 is 15.9 Å². The van der Waals surface area contributed by atoms with Crippen molar-refractivity contribution in [2.75, 3.05) is 6.61 Å². The first-order valence-electron chi connectivity index (χ1n) is 6.08. The van der Waals surface area contributed by atoms with Gasteiger partial charge < -0.3 is 9.47 Å². The number of benzene rings is 1. The van der Waals surface area contributed by atoms with Gasteiger partial charge in [0, 0.05) is 10.0 Å². The summed E-state index contributed by atoms with van der Waals surface area (Å²) in [4.78, 5) is 3.96. The molecule has 1 aliphatic rings. The molecule has 0 amide bonds. The molecule has 0 unspecified atom stereocenters. The molecule has 0 bridgehead atoms. The van der Waals surface area contributed by atoms with E-state index in [4.69, 9.17) is 9.47 Å². The first-order chi connectivity index (χ1) is 9.18. The molecule has 0 aliphatic carbocycles. The summed E-state index contributed by atoms with van der Waals surface area (Å²) in [7, 11) is 0. The van der Waals surface area contributed by atoms with Crippen molar-refractivity contribution in [1.82, 2.24) is 14.8 Å². The molecular weight excluding hydrogens is 310 g/mol. The Bertz CT molecular complexity index is 544. The van der Waals surface area contributed by atoms with Crippen LogP contribution in [0.5, 0.6) is 0 Å². The molecule has 5 nitrogen and oxygen atoms in total. The highest BCUT2D eigenvalue weighted by Gasteiger charge is 2.42. The molecule has 2 aromatic rings. The number of halogens is 1. The fourth-order valence-corrected chi connectivity index (χ4v) is 2.47. The Hall–Kier alpha value is -1.24. The Labute approximate surface area is 119 Å². The summed E-state index contributed by atoms with van der Waals surface area (Å²) in [5, 5.41) is 4.13. The Morgan fingerprint density at radius 2 is 2.21 bits per heavy atom. The van der Waals surface area contributed by atoms with Crippen LogP contribution in [0, 0.1) is 0 Å². The molecule has 1 fully saturated rings. The van der Waals surface area contributed by atoms with Gasteiger partial charge in [-0.05, 0) is 19.1 Å². The predicted molar refractivity (Wildman–Crippen MR) is 72.3 cm³/mol. The molecule has 0 radical (unpaired) electrons. The SMILES string of the molecule is C[C@H]1CO[C@@](Cn2cncn2)(c2ccc(Br)cc2)O1. The Morgan fingerprint density at radius 1 is 1.42 bits per heavy atom. The lowest BCUT2D eigenvalue weighted by molar-refractivity contribution is -0.186. The zero-order valence-corrected chi connectivity index (χ0v) is 12.1. The van der Waals surface area contributed by atoms with Gasteiger partial charge in [-0.1, -0.05) is 28.1 Å². The summed E-state index contributed by atoms with van der Waals surface area (Å²) in [5.41, 5.74) is 0.982. The minimum absolute atomic E-state index is 0.0622. The van der Waals surface area contributed by atoms with Crippen molar-refractivity contribution in [2.24, 2.45) is 0 Å². The maximum atomic E-state index is 6.02. The highest BCUT2D eigenvalue weighted by molar-refractivity contribution is 9.10. The van der Waals surface area contributed by atoms with E-state index in [1.165, 1.54) is 6.33 Å². The van der Waals surface area contributed by atoms with Crippen molar-refractivity contribution in [2.45, 2.75) is 25.4 Å². The van der Waals surface area contributed by atoms with E-state index in [-0.39, 0.29) is 6.10 Å². The number of ether oxygens (including phenoxy) is 2. The van der Waals surface area contributed by atoms with Crippen LogP contribution in [0.4, 0.5) is 0 Å². The van der Waals surface area contributed by atoms with Crippen LogP contribution in [0.1, 0.15) is 12.5 Å². The van der Waals surface area contributed by atoms with Gasteiger partial charge in [0.05, 0.1) is 12.7 Å². The van der Waals surface area contributed by atoms with E-state index in [1.54, 1.807) is 11.0 Å². The van der Waals surface area contributed by atoms with E-state index < -0.39 is 5.79 Å². The lowest BCUT2D eigenvalue weighted by Crippen LogP contribution is -2.33. The van der Waals surface area contributed by atoms with Gasteiger partial charge in [0.25, 0.3) is 0 Å². The molecule has 2 heterocycles. The number of hydrogen-bond donors (Lipinski definition) is 0. The second-order valence-corrected chi connectivity index (χ2v) is 5.51. The van der Waals surface area contributed by atoms with Gasteiger partial charge in [0.1, 0.15) is 19.2 Å². The third kappa shape index (κ3) is 2.56. The molecule has 0 spiro atoms.